The molecule has 0 atom stereocenters. The first kappa shape index (κ1) is 15.5. The van der Waals surface area contributed by atoms with Crippen LogP contribution < -0.4 is 5.69 Å². The predicted octanol–water partition coefficient (Wildman–Crippen LogP) is 3.00. The second kappa shape index (κ2) is 6.04. The molecule has 8 heteroatoms. The second-order valence-corrected chi connectivity index (χ2v) is 6.02. The lowest BCUT2D eigenvalue weighted by atomic mass is 10.1. The summed E-state index contributed by atoms with van der Waals surface area (Å²) in [6, 6.07) is 5.70. The average molecular weight is 336 g/mol. The van der Waals surface area contributed by atoms with Crippen LogP contribution >= 0.6 is 11.3 Å². The van der Waals surface area contributed by atoms with E-state index in [4.69, 9.17) is 0 Å². The van der Waals surface area contributed by atoms with Crippen molar-refractivity contribution in [2.24, 2.45) is 7.05 Å². The molecule has 0 fully saturated rings. The van der Waals surface area contributed by atoms with Crippen molar-refractivity contribution in [2.45, 2.75) is 19.9 Å². The highest BCUT2D eigenvalue weighted by molar-refractivity contribution is 7.13. The molecule has 0 aliphatic carbocycles. The van der Waals surface area contributed by atoms with E-state index >= 15 is 0 Å². The number of rotatable bonds is 4. The third kappa shape index (κ3) is 2.94. The van der Waals surface area contributed by atoms with Crippen LogP contribution in [0.1, 0.15) is 23.4 Å². The van der Waals surface area contributed by atoms with Crippen molar-refractivity contribution < 1.29 is 8.78 Å². The first-order chi connectivity index (χ1) is 11.0. The number of aromatic nitrogens is 4. The first-order valence-electron chi connectivity index (χ1n) is 6.88. The molecule has 120 valence electrons. The van der Waals surface area contributed by atoms with E-state index < -0.39 is 17.9 Å². The van der Waals surface area contributed by atoms with Crippen LogP contribution in [0, 0.1) is 6.92 Å². The minimum Gasteiger partial charge on any atom is -0.270 e. The molecule has 0 aliphatic heterocycles. The van der Waals surface area contributed by atoms with Crippen LogP contribution in [0.3, 0.4) is 0 Å². The molecule has 0 amide bonds. The molecule has 2 heterocycles. The van der Waals surface area contributed by atoms with Gasteiger partial charge in [-0.1, -0.05) is 12.1 Å². The minimum absolute atomic E-state index is 0.0530. The van der Waals surface area contributed by atoms with E-state index in [0.29, 0.717) is 0 Å². The maximum atomic E-state index is 13.1. The van der Waals surface area contributed by atoms with Gasteiger partial charge in [0.2, 0.25) is 5.82 Å². The van der Waals surface area contributed by atoms with E-state index in [0.717, 1.165) is 30.9 Å². The lowest BCUT2D eigenvalue weighted by Gasteiger charge is -2.10. The van der Waals surface area contributed by atoms with Gasteiger partial charge in [0, 0.05) is 24.2 Å². The Morgan fingerprint density at radius 1 is 1.35 bits per heavy atom. The van der Waals surface area contributed by atoms with Crippen molar-refractivity contribution in [1.29, 1.82) is 0 Å². The molecule has 0 saturated carbocycles. The number of benzene rings is 1. The molecule has 3 aromatic rings. The van der Waals surface area contributed by atoms with E-state index in [1.165, 1.54) is 18.4 Å². The fourth-order valence-corrected chi connectivity index (χ4v) is 2.98. The Labute approximate surface area is 134 Å². The molecule has 2 aromatic heterocycles. The molecule has 3 rings (SSSR count). The fraction of sp³-hybridized carbons (Fsp3) is 0.267. The SMILES string of the molecule is Cc1ccc(-c2nccs2)cc1Cn1c(C(F)F)nn(C)c1=O. The fourth-order valence-electron chi connectivity index (χ4n) is 2.34. The minimum atomic E-state index is -2.80. The van der Waals surface area contributed by atoms with E-state index in [1.54, 1.807) is 6.20 Å². The number of hydrogen-bond acceptors (Lipinski definition) is 4. The van der Waals surface area contributed by atoms with Gasteiger partial charge in [-0.15, -0.1) is 16.4 Å². The standard InChI is InChI=1S/C15H14F2N4OS/c1-9-3-4-10(14-18-5-6-23-14)7-11(9)8-21-13(12(16)17)19-20(2)15(21)22/h3-7,12H,8H2,1-2H3. The Morgan fingerprint density at radius 3 is 2.78 bits per heavy atom. The van der Waals surface area contributed by atoms with Crippen LogP contribution in [0.25, 0.3) is 10.6 Å². The van der Waals surface area contributed by atoms with Crippen molar-refractivity contribution in [1.82, 2.24) is 19.3 Å². The topological polar surface area (TPSA) is 52.7 Å². The maximum absolute atomic E-state index is 13.1. The van der Waals surface area contributed by atoms with Gasteiger partial charge < -0.3 is 0 Å². The van der Waals surface area contributed by atoms with E-state index in [-0.39, 0.29) is 6.54 Å². The van der Waals surface area contributed by atoms with E-state index in [1.807, 2.05) is 30.5 Å². The Kier molecular flexibility index (Phi) is 4.08. The van der Waals surface area contributed by atoms with Crippen LogP contribution in [-0.4, -0.2) is 19.3 Å². The summed E-state index contributed by atoms with van der Waals surface area (Å²) in [6.45, 7) is 1.93. The molecule has 0 spiro atoms. The van der Waals surface area contributed by atoms with Crippen molar-refractivity contribution in [3.8, 4) is 10.6 Å². The lowest BCUT2D eigenvalue weighted by Crippen LogP contribution is -2.24. The van der Waals surface area contributed by atoms with Crippen LogP contribution in [-0.2, 0) is 13.6 Å². The Hall–Kier alpha value is -2.35. The highest BCUT2D eigenvalue weighted by Crippen LogP contribution is 2.25. The summed E-state index contributed by atoms with van der Waals surface area (Å²) in [5.74, 6) is -0.517. The average Bonchev–Trinajstić information content (AvgIpc) is 3.13. The van der Waals surface area contributed by atoms with Crippen molar-refractivity contribution >= 4 is 11.3 Å². The zero-order valence-corrected chi connectivity index (χ0v) is 13.3. The molecule has 0 aliphatic rings. The van der Waals surface area contributed by atoms with Gasteiger partial charge in [-0.3, -0.25) is 4.57 Å². The molecule has 0 saturated heterocycles. The summed E-state index contributed by atoms with van der Waals surface area (Å²) in [5.41, 5.74) is 2.05. The Bertz CT molecular complexity index is 884. The van der Waals surface area contributed by atoms with Gasteiger partial charge >= 0.3 is 5.69 Å². The van der Waals surface area contributed by atoms with Gasteiger partial charge in [-0.25, -0.2) is 23.2 Å². The second-order valence-electron chi connectivity index (χ2n) is 5.13. The summed E-state index contributed by atoms with van der Waals surface area (Å²) < 4.78 is 28.1. The third-order valence-electron chi connectivity index (χ3n) is 3.59. The Balaban J connectivity index is 2.04. The highest BCUT2D eigenvalue weighted by Gasteiger charge is 2.20. The lowest BCUT2D eigenvalue weighted by molar-refractivity contribution is 0.134. The van der Waals surface area contributed by atoms with Gasteiger partial charge in [0.1, 0.15) is 5.01 Å². The summed E-state index contributed by atoms with van der Waals surface area (Å²) >= 11 is 1.50. The quantitative estimate of drug-likeness (QED) is 0.736. The molecule has 0 bridgehead atoms. The number of alkyl halides is 2. The summed E-state index contributed by atoms with van der Waals surface area (Å²) in [6.07, 6.45) is -1.09. The molecule has 23 heavy (non-hydrogen) atoms. The van der Waals surface area contributed by atoms with Crippen molar-refractivity contribution in [2.75, 3.05) is 0 Å². The molecule has 0 radical (unpaired) electrons. The Morgan fingerprint density at radius 2 is 2.13 bits per heavy atom. The molecule has 0 N–H and O–H groups in total. The van der Waals surface area contributed by atoms with Gasteiger partial charge in [0.15, 0.2) is 0 Å². The van der Waals surface area contributed by atoms with Gasteiger partial charge in [0.25, 0.3) is 6.43 Å². The smallest absolute Gasteiger partial charge is 0.270 e. The molecule has 0 unspecified atom stereocenters. The molecule has 5 nitrogen and oxygen atoms in total. The van der Waals surface area contributed by atoms with Crippen LogP contribution in [0.4, 0.5) is 8.78 Å². The van der Waals surface area contributed by atoms with Crippen molar-refractivity contribution in [3.63, 3.8) is 0 Å². The van der Waals surface area contributed by atoms with Crippen LogP contribution in [0.15, 0.2) is 34.6 Å². The monoisotopic (exact) mass is 336 g/mol. The number of nitrogens with zero attached hydrogens (tertiary/aromatic N) is 4. The predicted molar refractivity (Wildman–Crippen MR) is 83.8 cm³/mol. The number of hydrogen-bond donors (Lipinski definition) is 0. The summed E-state index contributed by atoms with van der Waals surface area (Å²) in [5, 5.41) is 6.33. The highest BCUT2D eigenvalue weighted by atomic mass is 32.1. The summed E-state index contributed by atoms with van der Waals surface area (Å²) in [7, 11) is 1.36. The van der Waals surface area contributed by atoms with Gasteiger partial charge in [0.05, 0.1) is 6.54 Å². The number of thiazole rings is 1. The zero-order chi connectivity index (χ0) is 16.6. The molecule has 1 aromatic carbocycles. The van der Waals surface area contributed by atoms with E-state index in [9.17, 15) is 13.6 Å². The van der Waals surface area contributed by atoms with Crippen molar-refractivity contribution in [3.05, 3.63) is 57.2 Å². The van der Waals surface area contributed by atoms with Gasteiger partial charge in [-0.05, 0) is 24.1 Å². The van der Waals surface area contributed by atoms with Gasteiger partial charge in [-0.2, -0.15) is 0 Å². The first-order valence-corrected chi connectivity index (χ1v) is 7.76. The zero-order valence-electron chi connectivity index (χ0n) is 12.5. The van der Waals surface area contributed by atoms with Crippen LogP contribution in [0.5, 0.6) is 0 Å². The molecular weight excluding hydrogens is 322 g/mol. The van der Waals surface area contributed by atoms with E-state index in [2.05, 4.69) is 10.1 Å². The normalized spacial score (nSPS) is 11.3. The number of aryl methyl sites for hydroxylation is 2. The largest absolute Gasteiger partial charge is 0.346 e. The number of halogens is 2. The molecular formula is C15H14F2N4OS. The van der Waals surface area contributed by atoms with Crippen LogP contribution in [0.2, 0.25) is 0 Å². The summed E-state index contributed by atoms with van der Waals surface area (Å²) in [4.78, 5) is 16.3. The third-order valence-corrected chi connectivity index (χ3v) is 4.41. The maximum Gasteiger partial charge on any atom is 0.346 e.